The zero-order valence-corrected chi connectivity index (χ0v) is 13.3. The van der Waals surface area contributed by atoms with E-state index in [0.29, 0.717) is 19.6 Å². The van der Waals surface area contributed by atoms with Crippen molar-refractivity contribution < 1.29 is 8.42 Å². The molecule has 20 heavy (non-hydrogen) atoms. The zero-order chi connectivity index (χ0) is 14.6. The van der Waals surface area contributed by atoms with E-state index in [1.165, 1.54) is 15.6 Å². The van der Waals surface area contributed by atoms with E-state index >= 15 is 0 Å². The molecule has 0 saturated heterocycles. The van der Waals surface area contributed by atoms with Gasteiger partial charge < -0.3 is 5.32 Å². The molecule has 0 aliphatic rings. The van der Waals surface area contributed by atoms with Crippen LogP contribution in [0.15, 0.2) is 24.3 Å². The number of nitrogens with one attached hydrogen (secondary N) is 1. The fourth-order valence-electron chi connectivity index (χ4n) is 1.98. The number of para-hydroxylation sites is 1. The van der Waals surface area contributed by atoms with Gasteiger partial charge in [-0.1, -0.05) is 37.3 Å². The van der Waals surface area contributed by atoms with Crippen LogP contribution in [0.1, 0.15) is 13.8 Å². The molecule has 0 unspecified atom stereocenters. The van der Waals surface area contributed by atoms with Crippen molar-refractivity contribution in [3.05, 3.63) is 24.3 Å². The van der Waals surface area contributed by atoms with E-state index in [9.17, 15) is 8.42 Å². The van der Waals surface area contributed by atoms with E-state index in [0.717, 1.165) is 15.3 Å². The number of hydrogen-bond donors (Lipinski definition) is 1. The van der Waals surface area contributed by atoms with E-state index in [1.54, 1.807) is 0 Å². The van der Waals surface area contributed by atoms with Crippen molar-refractivity contribution in [1.82, 2.24) is 9.29 Å². The molecule has 1 N–H and O–H groups in total. The molecule has 0 amide bonds. The molecular formula is C13H19N3O2S2. The third kappa shape index (κ3) is 3.47. The lowest BCUT2D eigenvalue weighted by Crippen LogP contribution is -2.34. The molecule has 0 aliphatic carbocycles. The van der Waals surface area contributed by atoms with Crippen molar-refractivity contribution in [3.8, 4) is 0 Å². The summed E-state index contributed by atoms with van der Waals surface area (Å²) in [5.41, 5.74) is 0.937. The molecule has 0 spiro atoms. The maximum atomic E-state index is 12.0. The SMILES string of the molecule is CCN(CC)S(=O)(=O)CCNc1nc2ccccc2s1. The molecule has 1 aromatic heterocycles. The van der Waals surface area contributed by atoms with E-state index < -0.39 is 10.0 Å². The third-order valence-corrected chi connectivity index (χ3v) is 6.05. The van der Waals surface area contributed by atoms with Gasteiger partial charge >= 0.3 is 0 Å². The maximum Gasteiger partial charge on any atom is 0.215 e. The first-order valence-corrected chi connectivity index (χ1v) is 9.06. The third-order valence-electron chi connectivity index (χ3n) is 3.03. The standard InChI is InChI=1S/C13H19N3O2S2/c1-3-16(4-2)20(17,18)10-9-14-13-15-11-7-5-6-8-12(11)19-13/h5-8H,3-4,9-10H2,1-2H3,(H,14,15). The lowest BCUT2D eigenvalue weighted by atomic mass is 10.3. The number of hydrogen-bond acceptors (Lipinski definition) is 5. The number of anilines is 1. The van der Waals surface area contributed by atoms with Crippen LogP contribution in [0, 0.1) is 0 Å². The summed E-state index contributed by atoms with van der Waals surface area (Å²) >= 11 is 1.54. The second-order valence-corrected chi connectivity index (χ2v) is 7.43. The number of fused-ring (bicyclic) bond motifs is 1. The molecule has 0 atom stereocenters. The largest absolute Gasteiger partial charge is 0.360 e. The van der Waals surface area contributed by atoms with Gasteiger partial charge in [-0.3, -0.25) is 0 Å². The molecule has 0 bridgehead atoms. The number of nitrogens with zero attached hydrogens (tertiary/aromatic N) is 2. The highest BCUT2D eigenvalue weighted by molar-refractivity contribution is 7.89. The molecule has 2 aromatic rings. The summed E-state index contributed by atoms with van der Waals surface area (Å²) in [5.74, 6) is 0.0879. The quantitative estimate of drug-likeness (QED) is 0.852. The summed E-state index contributed by atoms with van der Waals surface area (Å²) < 4.78 is 26.6. The highest BCUT2D eigenvalue weighted by atomic mass is 32.2. The number of rotatable bonds is 7. The maximum absolute atomic E-state index is 12.0. The van der Waals surface area contributed by atoms with E-state index in [2.05, 4.69) is 10.3 Å². The molecule has 1 aromatic carbocycles. The first-order valence-electron chi connectivity index (χ1n) is 6.64. The van der Waals surface area contributed by atoms with Crippen LogP contribution in [0.4, 0.5) is 5.13 Å². The van der Waals surface area contributed by atoms with Gasteiger partial charge in [-0.2, -0.15) is 0 Å². The highest BCUT2D eigenvalue weighted by Crippen LogP contribution is 2.25. The Hall–Kier alpha value is -1.18. The first-order chi connectivity index (χ1) is 9.56. The monoisotopic (exact) mass is 313 g/mol. The topological polar surface area (TPSA) is 62.3 Å². The lowest BCUT2D eigenvalue weighted by Gasteiger charge is -2.18. The summed E-state index contributed by atoms with van der Waals surface area (Å²) in [6, 6.07) is 7.86. The van der Waals surface area contributed by atoms with Crippen LogP contribution in [0.25, 0.3) is 10.2 Å². The van der Waals surface area contributed by atoms with Gasteiger partial charge in [0.2, 0.25) is 10.0 Å². The normalized spacial score (nSPS) is 12.2. The Labute approximate surface area is 123 Å². The van der Waals surface area contributed by atoms with E-state index in [-0.39, 0.29) is 5.75 Å². The molecular weight excluding hydrogens is 294 g/mol. The molecule has 1 heterocycles. The minimum absolute atomic E-state index is 0.0879. The predicted octanol–water partition coefficient (Wildman–Crippen LogP) is 2.38. The molecule has 2 rings (SSSR count). The predicted molar refractivity (Wildman–Crippen MR) is 84.8 cm³/mol. The summed E-state index contributed by atoms with van der Waals surface area (Å²) in [7, 11) is -3.18. The van der Waals surface area contributed by atoms with Crippen molar-refractivity contribution in [1.29, 1.82) is 0 Å². The number of sulfonamides is 1. The number of aromatic nitrogens is 1. The lowest BCUT2D eigenvalue weighted by molar-refractivity contribution is 0.446. The zero-order valence-electron chi connectivity index (χ0n) is 11.7. The van der Waals surface area contributed by atoms with Gasteiger partial charge in [0.05, 0.1) is 16.0 Å². The summed E-state index contributed by atoms with van der Waals surface area (Å²) in [6.07, 6.45) is 0. The molecule has 7 heteroatoms. The van der Waals surface area contributed by atoms with Crippen LogP contribution in [0.2, 0.25) is 0 Å². The Morgan fingerprint density at radius 1 is 1.25 bits per heavy atom. The molecule has 0 fully saturated rings. The summed E-state index contributed by atoms with van der Waals surface area (Å²) in [5, 5.41) is 3.86. The smallest absolute Gasteiger partial charge is 0.215 e. The van der Waals surface area contributed by atoms with Crippen LogP contribution >= 0.6 is 11.3 Å². The average molecular weight is 313 g/mol. The fourth-order valence-corrected chi connectivity index (χ4v) is 4.28. The molecule has 0 saturated carbocycles. The van der Waals surface area contributed by atoms with Gasteiger partial charge in [-0.25, -0.2) is 17.7 Å². The van der Waals surface area contributed by atoms with Gasteiger partial charge in [-0.05, 0) is 12.1 Å². The van der Waals surface area contributed by atoms with Crippen LogP contribution in [-0.4, -0.2) is 43.1 Å². The Kier molecular flexibility index (Phi) is 4.95. The van der Waals surface area contributed by atoms with Crippen molar-refractivity contribution in [2.45, 2.75) is 13.8 Å². The van der Waals surface area contributed by atoms with Gasteiger partial charge in [0.15, 0.2) is 5.13 Å². The highest BCUT2D eigenvalue weighted by Gasteiger charge is 2.18. The number of benzene rings is 1. The van der Waals surface area contributed by atoms with Crippen molar-refractivity contribution >= 4 is 36.7 Å². The van der Waals surface area contributed by atoms with E-state index in [1.807, 2.05) is 38.1 Å². The Morgan fingerprint density at radius 3 is 2.60 bits per heavy atom. The average Bonchev–Trinajstić information content (AvgIpc) is 2.82. The minimum atomic E-state index is -3.18. The van der Waals surface area contributed by atoms with Gasteiger partial charge in [0.25, 0.3) is 0 Å². The Morgan fingerprint density at radius 2 is 1.95 bits per heavy atom. The van der Waals surface area contributed by atoms with Crippen LogP contribution in [-0.2, 0) is 10.0 Å². The second-order valence-electron chi connectivity index (χ2n) is 4.31. The minimum Gasteiger partial charge on any atom is -0.360 e. The van der Waals surface area contributed by atoms with Crippen LogP contribution in [0.5, 0.6) is 0 Å². The Balaban J connectivity index is 1.95. The Bertz CT molecular complexity index is 630. The molecule has 0 radical (unpaired) electrons. The first kappa shape index (κ1) is 15.2. The van der Waals surface area contributed by atoms with Gasteiger partial charge in [0.1, 0.15) is 0 Å². The van der Waals surface area contributed by atoms with Crippen LogP contribution < -0.4 is 5.32 Å². The molecule has 110 valence electrons. The van der Waals surface area contributed by atoms with E-state index in [4.69, 9.17) is 0 Å². The van der Waals surface area contributed by atoms with Crippen LogP contribution in [0.3, 0.4) is 0 Å². The van der Waals surface area contributed by atoms with Gasteiger partial charge in [-0.15, -0.1) is 0 Å². The molecule has 0 aliphatic heterocycles. The fraction of sp³-hybridized carbons (Fsp3) is 0.462. The summed E-state index contributed by atoms with van der Waals surface area (Å²) in [4.78, 5) is 4.42. The van der Waals surface area contributed by atoms with Gasteiger partial charge in [0, 0.05) is 19.6 Å². The molecule has 5 nitrogen and oxygen atoms in total. The van der Waals surface area contributed by atoms with Crippen molar-refractivity contribution in [3.63, 3.8) is 0 Å². The van der Waals surface area contributed by atoms with Crippen molar-refractivity contribution in [2.75, 3.05) is 30.7 Å². The summed E-state index contributed by atoms with van der Waals surface area (Å²) in [6.45, 7) is 5.10. The van der Waals surface area contributed by atoms with Crippen molar-refractivity contribution in [2.24, 2.45) is 0 Å². The number of thiazole rings is 1. The second kappa shape index (κ2) is 6.51.